The van der Waals surface area contributed by atoms with Crippen LogP contribution in [0.4, 0.5) is 10.5 Å². The van der Waals surface area contributed by atoms with Crippen molar-refractivity contribution in [2.45, 2.75) is 39.5 Å². The average molecular weight is 482 g/mol. The van der Waals surface area contributed by atoms with E-state index >= 15 is 0 Å². The number of hydrogen-bond acceptors (Lipinski definition) is 4. The zero-order valence-electron chi connectivity index (χ0n) is 19.8. The number of ketones is 1. The van der Waals surface area contributed by atoms with Crippen LogP contribution in [0.5, 0.6) is 5.75 Å². The lowest BCUT2D eigenvalue weighted by Crippen LogP contribution is -2.43. The molecule has 0 saturated carbocycles. The van der Waals surface area contributed by atoms with Gasteiger partial charge in [-0.15, -0.1) is 12.4 Å². The molecule has 34 heavy (non-hydrogen) atoms. The molecule has 0 fully saturated rings. The first kappa shape index (κ1) is 26.9. The summed E-state index contributed by atoms with van der Waals surface area (Å²) in [5, 5.41) is 2.58. The predicted molar refractivity (Wildman–Crippen MR) is 139 cm³/mol. The number of Topliss-reactive ketones (excluding diaryl/α,β-unsaturated/α-hetero) is 1. The van der Waals surface area contributed by atoms with Gasteiger partial charge in [-0.2, -0.15) is 0 Å². The number of ether oxygens (including phenoxy) is 1. The second-order valence-electron chi connectivity index (χ2n) is 8.91. The minimum absolute atomic E-state index is 0. The highest BCUT2D eigenvalue weighted by Crippen LogP contribution is 2.28. The van der Waals surface area contributed by atoms with E-state index in [1.165, 1.54) is 0 Å². The Morgan fingerprint density at radius 2 is 1.50 bits per heavy atom. The number of rotatable bonds is 9. The van der Waals surface area contributed by atoms with Crippen LogP contribution < -0.4 is 15.8 Å². The SMILES string of the molecule is CC(C)(C)N(CC(=O)c1ccc(OCc2ccccc2)c(NC(N)=O)c1)Cc1ccccc1.Cl. The van der Waals surface area contributed by atoms with Crippen molar-refractivity contribution in [3.63, 3.8) is 0 Å². The van der Waals surface area contributed by atoms with Crippen LogP contribution in [0.3, 0.4) is 0 Å². The number of urea groups is 1. The van der Waals surface area contributed by atoms with E-state index in [0.717, 1.165) is 11.1 Å². The second kappa shape index (κ2) is 12.2. The summed E-state index contributed by atoms with van der Waals surface area (Å²) in [6.45, 7) is 7.48. The number of nitrogens with zero attached hydrogens (tertiary/aromatic N) is 1. The molecule has 0 bridgehead atoms. The smallest absolute Gasteiger partial charge is 0.316 e. The largest absolute Gasteiger partial charge is 0.487 e. The average Bonchev–Trinajstić information content (AvgIpc) is 2.78. The first-order valence-electron chi connectivity index (χ1n) is 10.9. The number of halogens is 1. The van der Waals surface area contributed by atoms with E-state index in [0.29, 0.717) is 30.2 Å². The van der Waals surface area contributed by atoms with E-state index < -0.39 is 6.03 Å². The molecule has 0 aliphatic carbocycles. The molecular weight excluding hydrogens is 450 g/mol. The van der Waals surface area contributed by atoms with Crippen molar-refractivity contribution in [3.8, 4) is 5.75 Å². The molecule has 3 N–H and O–H groups in total. The summed E-state index contributed by atoms with van der Waals surface area (Å²) in [6, 6.07) is 24.1. The summed E-state index contributed by atoms with van der Waals surface area (Å²) in [7, 11) is 0. The Hall–Kier alpha value is -3.35. The fraction of sp³-hybridized carbons (Fsp3) is 0.259. The molecule has 0 aliphatic rings. The van der Waals surface area contributed by atoms with Crippen molar-refractivity contribution >= 4 is 29.9 Å². The standard InChI is InChI=1S/C27H31N3O3.ClH/c1-27(2,3)30(17-20-10-6-4-7-11-20)18-24(31)22-14-15-25(23(16-22)29-26(28)32)33-19-21-12-8-5-9-13-21;/h4-16H,17-19H2,1-3H3,(H3,28,29,32);1H. The zero-order chi connectivity index (χ0) is 23.8. The fourth-order valence-electron chi connectivity index (χ4n) is 3.39. The molecule has 0 spiro atoms. The fourth-order valence-corrected chi connectivity index (χ4v) is 3.39. The van der Waals surface area contributed by atoms with Gasteiger partial charge in [0.1, 0.15) is 12.4 Å². The highest BCUT2D eigenvalue weighted by molar-refractivity contribution is 6.00. The van der Waals surface area contributed by atoms with Crippen LogP contribution in [-0.4, -0.2) is 28.8 Å². The number of amides is 2. The Bertz CT molecular complexity index is 1080. The number of nitrogens with two attached hydrogens (primary N) is 1. The first-order valence-corrected chi connectivity index (χ1v) is 10.9. The van der Waals surface area contributed by atoms with Gasteiger partial charge in [0, 0.05) is 17.6 Å². The highest BCUT2D eigenvalue weighted by atomic mass is 35.5. The van der Waals surface area contributed by atoms with E-state index in [-0.39, 0.29) is 30.3 Å². The van der Waals surface area contributed by atoms with Crippen LogP contribution in [0.25, 0.3) is 0 Å². The van der Waals surface area contributed by atoms with Crippen LogP contribution in [0.15, 0.2) is 78.9 Å². The number of carbonyl (C=O) groups excluding carboxylic acids is 2. The molecule has 3 aromatic rings. The molecule has 2 amide bonds. The quantitative estimate of drug-likeness (QED) is 0.386. The molecule has 3 aromatic carbocycles. The molecule has 0 unspecified atom stereocenters. The minimum Gasteiger partial charge on any atom is -0.487 e. The van der Waals surface area contributed by atoms with Gasteiger partial charge in [-0.25, -0.2) is 4.79 Å². The lowest BCUT2D eigenvalue weighted by molar-refractivity contribution is 0.0793. The van der Waals surface area contributed by atoms with Gasteiger partial charge < -0.3 is 15.8 Å². The summed E-state index contributed by atoms with van der Waals surface area (Å²) in [6.07, 6.45) is 0. The maximum atomic E-state index is 13.2. The summed E-state index contributed by atoms with van der Waals surface area (Å²) in [4.78, 5) is 26.9. The number of nitrogens with one attached hydrogen (secondary N) is 1. The van der Waals surface area contributed by atoms with Crippen molar-refractivity contribution in [1.82, 2.24) is 4.90 Å². The van der Waals surface area contributed by atoms with Gasteiger partial charge in [-0.3, -0.25) is 9.69 Å². The summed E-state index contributed by atoms with van der Waals surface area (Å²) in [5.41, 5.74) is 8.12. The van der Waals surface area contributed by atoms with Crippen LogP contribution in [0.2, 0.25) is 0 Å². The summed E-state index contributed by atoms with van der Waals surface area (Å²) in [5.74, 6) is 0.397. The third-order valence-corrected chi connectivity index (χ3v) is 5.30. The van der Waals surface area contributed by atoms with Crippen LogP contribution in [0.1, 0.15) is 42.3 Å². The monoisotopic (exact) mass is 481 g/mol. The maximum Gasteiger partial charge on any atom is 0.316 e. The maximum absolute atomic E-state index is 13.2. The Kier molecular flexibility index (Phi) is 9.66. The van der Waals surface area contributed by atoms with Gasteiger partial charge in [0.05, 0.1) is 12.2 Å². The lowest BCUT2D eigenvalue weighted by atomic mass is 10.0. The number of benzene rings is 3. The molecule has 3 rings (SSSR count). The van der Waals surface area contributed by atoms with Gasteiger partial charge in [0.25, 0.3) is 0 Å². The molecule has 0 saturated heterocycles. The molecule has 0 aromatic heterocycles. The van der Waals surface area contributed by atoms with Crippen molar-refractivity contribution < 1.29 is 14.3 Å². The molecule has 6 nitrogen and oxygen atoms in total. The van der Waals surface area contributed by atoms with Crippen molar-refractivity contribution in [3.05, 3.63) is 95.6 Å². The molecule has 7 heteroatoms. The van der Waals surface area contributed by atoms with Gasteiger partial charge in [-0.05, 0) is 50.1 Å². The van der Waals surface area contributed by atoms with Crippen LogP contribution in [-0.2, 0) is 13.2 Å². The molecule has 0 radical (unpaired) electrons. The van der Waals surface area contributed by atoms with Gasteiger partial charge >= 0.3 is 6.03 Å². The van der Waals surface area contributed by atoms with Crippen LogP contribution >= 0.6 is 12.4 Å². The van der Waals surface area contributed by atoms with E-state index in [9.17, 15) is 9.59 Å². The Morgan fingerprint density at radius 1 is 0.912 bits per heavy atom. The minimum atomic E-state index is -0.718. The van der Waals surface area contributed by atoms with E-state index in [1.807, 2.05) is 48.5 Å². The molecule has 0 heterocycles. The molecule has 0 atom stereocenters. The Balaban J connectivity index is 0.00000408. The lowest BCUT2D eigenvalue weighted by Gasteiger charge is -2.35. The summed E-state index contributed by atoms with van der Waals surface area (Å²) < 4.78 is 5.88. The Morgan fingerprint density at radius 3 is 2.06 bits per heavy atom. The third kappa shape index (κ3) is 7.90. The van der Waals surface area contributed by atoms with Crippen molar-refractivity contribution in [2.24, 2.45) is 5.73 Å². The van der Waals surface area contributed by atoms with Crippen molar-refractivity contribution in [2.75, 3.05) is 11.9 Å². The number of hydrogen-bond donors (Lipinski definition) is 2. The topological polar surface area (TPSA) is 84.7 Å². The van der Waals surface area contributed by atoms with E-state index in [1.54, 1.807) is 18.2 Å². The number of primary amides is 1. The number of carbonyl (C=O) groups is 2. The summed E-state index contributed by atoms with van der Waals surface area (Å²) >= 11 is 0. The highest BCUT2D eigenvalue weighted by Gasteiger charge is 2.25. The predicted octanol–water partition coefficient (Wildman–Crippen LogP) is 5.66. The van der Waals surface area contributed by atoms with Gasteiger partial charge in [0.15, 0.2) is 5.78 Å². The van der Waals surface area contributed by atoms with Gasteiger partial charge in [0.2, 0.25) is 0 Å². The second-order valence-corrected chi connectivity index (χ2v) is 8.91. The molecule has 0 aliphatic heterocycles. The van der Waals surface area contributed by atoms with E-state index in [4.69, 9.17) is 10.5 Å². The molecular formula is C27H32ClN3O3. The van der Waals surface area contributed by atoms with Crippen LogP contribution in [0, 0.1) is 0 Å². The Labute approximate surface area is 207 Å². The normalized spacial score (nSPS) is 10.9. The van der Waals surface area contributed by atoms with Gasteiger partial charge in [-0.1, -0.05) is 60.7 Å². The third-order valence-electron chi connectivity index (χ3n) is 5.30. The number of anilines is 1. The first-order chi connectivity index (χ1) is 15.7. The zero-order valence-corrected chi connectivity index (χ0v) is 20.6. The van der Waals surface area contributed by atoms with E-state index in [2.05, 4.69) is 43.1 Å². The van der Waals surface area contributed by atoms with Crippen molar-refractivity contribution in [1.29, 1.82) is 0 Å². The molecule has 180 valence electrons.